The minimum Gasteiger partial charge on any atom is -0.550 e. The quantitative estimate of drug-likeness (QED) is 0.538. The zero-order chi connectivity index (χ0) is 11.0. The Morgan fingerprint density at radius 3 is 2.14 bits per heavy atom. The van der Waals surface area contributed by atoms with Crippen LogP contribution in [0.15, 0.2) is 12.8 Å². The van der Waals surface area contributed by atoms with Crippen LogP contribution in [-0.4, -0.2) is 24.0 Å². The zero-order valence-electron chi connectivity index (χ0n) is 10.0. The molecular weight excluding hydrogens is 208 g/mol. The van der Waals surface area contributed by atoms with Crippen molar-refractivity contribution in [2.45, 2.75) is 45.1 Å². The van der Waals surface area contributed by atoms with Crippen molar-refractivity contribution < 1.29 is 8.85 Å². The lowest BCUT2D eigenvalue weighted by Gasteiger charge is -2.16. The van der Waals surface area contributed by atoms with E-state index in [0.29, 0.717) is 0 Å². The minimum absolute atomic E-state index is 0.595. The van der Waals surface area contributed by atoms with Gasteiger partial charge in [-0.25, -0.2) is 0 Å². The molecule has 0 aromatic heterocycles. The van der Waals surface area contributed by atoms with Crippen LogP contribution in [0, 0.1) is 0 Å². The average Bonchev–Trinajstić information content (AvgIpc) is 2.04. The molecule has 0 amide bonds. The van der Waals surface area contributed by atoms with E-state index in [1.54, 1.807) is 0 Å². The molecule has 1 aliphatic heterocycles. The predicted molar refractivity (Wildman–Crippen MR) is 67.6 cm³/mol. The summed E-state index contributed by atoms with van der Waals surface area (Å²) in [6.45, 7) is 13.1. The van der Waals surface area contributed by atoms with Crippen molar-refractivity contribution >= 4 is 17.4 Å². The fraction of sp³-hybridized carbons (Fsp3) is 0.800. The van der Waals surface area contributed by atoms with Gasteiger partial charge in [-0.05, 0) is 38.7 Å². The van der Waals surface area contributed by atoms with Crippen LogP contribution in [0.4, 0.5) is 0 Å². The second kappa shape index (κ2) is 7.26. The molecule has 0 N–H and O–H groups in total. The van der Waals surface area contributed by atoms with Gasteiger partial charge in [-0.15, -0.1) is 0 Å². The smallest absolute Gasteiger partial charge is 0.241 e. The maximum absolute atomic E-state index is 5.42. The van der Waals surface area contributed by atoms with Crippen molar-refractivity contribution in [2.24, 2.45) is 0 Å². The van der Waals surface area contributed by atoms with Crippen molar-refractivity contribution in [2.75, 3.05) is 6.61 Å². The molecule has 14 heavy (non-hydrogen) atoms. The molecule has 1 heterocycles. The highest BCUT2D eigenvalue weighted by molar-refractivity contribution is 6.69. The van der Waals surface area contributed by atoms with Crippen LogP contribution in [0.2, 0.25) is 32.2 Å². The van der Waals surface area contributed by atoms with E-state index in [1.165, 1.54) is 25.1 Å². The average molecular weight is 232 g/mol. The van der Waals surface area contributed by atoms with Gasteiger partial charge in [-0.3, -0.25) is 0 Å². The van der Waals surface area contributed by atoms with E-state index >= 15 is 0 Å². The molecule has 84 valence electrons. The fourth-order valence-corrected chi connectivity index (χ4v) is 3.25. The fourth-order valence-electron chi connectivity index (χ4n) is 1.15. The van der Waals surface area contributed by atoms with Crippen LogP contribution in [-0.2, 0) is 8.85 Å². The molecule has 1 rings (SSSR count). The van der Waals surface area contributed by atoms with Crippen LogP contribution in [0.25, 0.3) is 0 Å². The molecule has 0 aromatic rings. The highest BCUT2D eigenvalue weighted by atomic mass is 28.4. The maximum atomic E-state index is 5.42. The van der Waals surface area contributed by atoms with Gasteiger partial charge in [0.25, 0.3) is 0 Å². The minimum atomic E-state index is -1.28. The normalized spacial score (nSPS) is 21.9. The van der Waals surface area contributed by atoms with Gasteiger partial charge in [0.1, 0.15) is 0 Å². The lowest BCUT2D eigenvalue weighted by Crippen LogP contribution is -2.21. The number of hydrogen-bond acceptors (Lipinski definition) is 2. The van der Waals surface area contributed by atoms with Crippen LogP contribution in [0.5, 0.6) is 0 Å². The Morgan fingerprint density at radius 2 is 2.00 bits per heavy atom. The van der Waals surface area contributed by atoms with Crippen molar-refractivity contribution in [3.8, 4) is 0 Å². The molecule has 1 unspecified atom stereocenters. The largest absolute Gasteiger partial charge is 0.550 e. The van der Waals surface area contributed by atoms with Gasteiger partial charge in [0.05, 0.1) is 6.26 Å². The summed E-state index contributed by atoms with van der Waals surface area (Å²) in [5.74, 6) is 0. The number of rotatable bonds is 2. The molecule has 0 saturated carbocycles. The Hall–Kier alpha value is -0.0662. The number of hydrogen-bond donors (Lipinski definition) is 0. The topological polar surface area (TPSA) is 18.5 Å². The predicted octanol–water partition coefficient (Wildman–Crippen LogP) is 3.13. The van der Waals surface area contributed by atoms with Crippen LogP contribution >= 0.6 is 0 Å². The third-order valence-corrected chi connectivity index (χ3v) is 4.74. The van der Waals surface area contributed by atoms with E-state index in [-0.39, 0.29) is 0 Å². The first-order valence-corrected chi connectivity index (χ1v) is 11.2. The molecule has 0 aliphatic carbocycles. The molecule has 4 heteroatoms. The van der Waals surface area contributed by atoms with E-state index in [2.05, 4.69) is 32.8 Å². The van der Waals surface area contributed by atoms with Gasteiger partial charge in [-0.2, -0.15) is 0 Å². The van der Waals surface area contributed by atoms with E-state index in [9.17, 15) is 0 Å². The zero-order valence-corrected chi connectivity index (χ0v) is 12.2. The first kappa shape index (κ1) is 13.9. The van der Waals surface area contributed by atoms with Gasteiger partial charge >= 0.3 is 0 Å². The molecule has 0 aromatic carbocycles. The second-order valence-electron chi connectivity index (χ2n) is 4.57. The summed E-state index contributed by atoms with van der Waals surface area (Å²) >= 11 is 0. The maximum Gasteiger partial charge on any atom is 0.241 e. The third kappa shape index (κ3) is 10.0. The molecular formula is C10H24O2Si2. The van der Waals surface area contributed by atoms with Crippen molar-refractivity contribution in [1.82, 2.24) is 0 Å². The molecule has 1 saturated heterocycles. The monoisotopic (exact) mass is 232 g/mol. The standard InChI is InChI=1S/2C5H12OSi/c1-7-5-3-2-4-6-7;1-5-6-7(2,3)4/h7H,2-5H2,1H3;5H,1H2,2-4H3. The Kier molecular flexibility index (Phi) is 7.22. The summed E-state index contributed by atoms with van der Waals surface area (Å²) < 4.78 is 10.5. The third-order valence-electron chi connectivity index (χ3n) is 1.84. The Bertz CT molecular complexity index is 149. The Labute approximate surface area is 91.2 Å². The first-order chi connectivity index (χ1) is 6.45. The summed E-state index contributed by atoms with van der Waals surface area (Å²) in [5, 5.41) is 0. The summed E-state index contributed by atoms with van der Waals surface area (Å²) in [5.41, 5.74) is 0. The highest BCUT2D eigenvalue weighted by Crippen LogP contribution is 2.09. The molecule has 0 radical (unpaired) electrons. The van der Waals surface area contributed by atoms with Crippen LogP contribution < -0.4 is 0 Å². The van der Waals surface area contributed by atoms with Crippen LogP contribution in [0.3, 0.4) is 0 Å². The van der Waals surface area contributed by atoms with Gasteiger partial charge < -0.3 is 8.85 Å². The van der Waals surface area contributed by atoms with E-state index < -0.39 is 17.4 Å². The SMILES string of the molecule is C=CO[Si](C)(C)C.C[SiH]1CCCCO1. The Balaban J connectivity index is 0.000000241. The molecule has 1 aliphatic rings. The summed E-state index contributed by atoms with van der Waals surface area (Å²) in [6.07, 6.45) is 4.25. The molecule has 0 spiro atoms. The Morgan fingerprint density at radius 1 is 1.36 bits per heavy atom. The summed E-state index contributed by atoms with van der Waals surface area (Å²) in [7, 11) is -1.87. The van der Waals surface area contributed by atoms with Crippen LogP contribution in [0.1, 0.15) is 12.8 Å². The van der Waals surface area contributed by atoms with Gasteiger partial charge in [0.2, 0.25) is 8.32 Å². The van der Waals surface area contributed by atoms with Crippen molar-refractivity contribution in [3.05, 3.63) is 12.8 Å². The van der Waals surface area contributed by atoms with Gasteiger partial charge in [-0.1, -0.05) is 13.0 Å². The van der Waals surface area contributed by atoms with Gasteiger partial charge in [0, 0.05) is 6.61 Å². The molecule has 0 bridgehead atoms. The summed E-state index contributed by atoms with van der Waals surface area (Å²) in [4.78, 5) is 0. The second-order valence-corrected chi connectivity index (χ2v) is 11.6. The lowest BCUT2D eigenvalue weighted by molar-refractivity contribution is 0.291. The van der Waals surface area contributed by atoms with E-state index in [0.717, 1.165) is 6.61 Å². The highest BCUT2D eigenvalue weighted by Gasteiger charge is 2.11. The van der Waals surface area contributed by atoms with Gasteiger partial charge in [0.15, 0.2) is 9.04 Å². The molecule has 1 fully saturated rings. The summed E-state index contributed by atoms with van der Waals surface area (Å²) in [6, 6.07) is 1.40. The molecule has 1 atom stereocenters. The first-order valence-electron chi connectivity index (χ1n) is 5.36. The van der Waals surface area contributed by atoms with E-state index in [4.69, 9.17) is 8.85 Å². The van der Waals surface area contributed by atoms with Crippen molar-refractivity contribution in [3.63, 3.8) is 0 Å². The molecule has 2 nitrogen and oxygen atoms in total. The van der Waals surface area contributed by atoms with Crippen molar-refractivity contribution in [1.29, 1.82) is 0 Å². The van der Waals surface area contributed by atoms with E-state index in [1.807, 2.05) is 0 Å². The lowest BCUT2D eigenvalue weighted by atomic mass is 10.4.